The molecule has 0 N–H and O–H groups in total. The van der Waals surface area contributed by atoms with Crippen LogP contribution in [0, 0.1) is 13.8 Å². The predicted molar refractivity (Wildman–Crippen MR) is 131 cm³/mol. The Kier molecular flexibility index (Phi) is 5.61. The summed E-state index contributed by atoms with van der Waals surface area (Å²) in [6.07, 6.45) is 1.41. The largest absolute Gasteiger partial charge is 0.380 e. The van der Waals surface area contributed by atoms with Crippen LogP contribution in [-0.2, 0) is 9.53 Å². The summed E-state index contributed by atoms with van der Waals surface area (Å²) < 4.78 is 5.41. The number of ether oxygens (including phenoxy) is 1. The van der Waals surface area contributed by atoms with E-state index in [4.69, 9.17) is 9.73 Å². The van der Waals surface area contributed by atoms with Crippen LogP contribution in [0.1, 0.15) is 23.6 Å². The fourth-order valence-electron chi connectivity index (χ4n) is 4.77. The highest BCUT2D eigenvalue weighted by molar-refractivity contribution is 6.16. The Bertz CT molecular complexity index is 1190. The number of aryl methyl sites for hydroxylation is 1. The molecule has 34 heavy (non-hydrogen) atoms. The number of benzene rings is 2. The zero-order chi connectivity index (χ0) is 24.0. The van der Waals surface area contributed by atoms with Crippen LogP contribution >= 0.6 is 0 Å². The Balaban J connectivity index is 1.59. The van der Waals surface area contributed by atoms with Crippen molar-refractivity contribution in [3.05, 3.63) is 71.4 Å². The first kappa shape index (κ1) is 22.2. The lowest BCUT2D eigenvalue weighted by atomic mass is 10.1. The average Bonchev–Trinajstić information content (AvgIpc) is 3.39. The minimum atomic E-state index is -0.617. The minimum absolute atomic E-state index is 0.220. The maximum atomic E-state index is 13.6. The number of carbonyl (C=O) groups is 2. The van der Waals surface area contributed by atoms with Crippen LogP contribution in [0.2, 0.25) is 0 Å². The normalized spacial score (nSPS) is 21.6. The van der Waals surface area contributed by atoms with Crippen molar-refractivity contribution in [3.63, 3.8) is 0 Å². The molecule has 3 amide bonds. The molecule has 0 spiro atoms. The van der Waals surface area contributed by atoms with Gasteiger partial charge in [-0.3, -0.25) is 19.5 Å². The minimum Gasteiger partial charge on any atom is -0.380 e. The van der Waals surface area contributed by atoms with Crippen LogP contribution in [0.4, 0.5) is 10.5 Å². The molecule has 1 saturated heterocycles. The summed E-state index contributed by atoms with van der Waals surface area (Å²) in [5, 5.41) is 0. The van der Waals surface area contributed by atoms with Gasteiger partial charge >= 0.3 is 6.03 Å². The molecule has 3 aliphatic heterocycles. The number of fused-ring (bicyclic) bond motifs is 3. The molecule has 2 atom stereocenters. The second-order valence-electron chi connectivity index (χ2n) is 8.71. The lowest BCUT2D eigenvalue weighted by Crippen LogP contribution is -2.64. The molecule has 3 heterocycles. The Hall–Kier alpha value is -3.65. The standard InChI is InChI=1S/C26H29N5O3/c1-5-34-15-14-29-24(32)22-23(28(4)26(29)33)27-25-30(22)16-21(19-11-7-6-8-12-19)31(25)20-13-9-10-17(2)18(20)3/h6-13,16,22-23H,5,14-15H2,1-4H3. The molecule has 0 saturated carbocycles. The number of carbonyl (C=O) groups excluding carboxylic acids is 2. The maximum Gasteiger partial charge on any atom is 0.328 e. The van der Waals surface area contributed by atoms with Gasteiger partial charge in [-0.2, -0.15) is 0 Å². The average molecular weight is 460 g/mol. The summed E-state index contributed by atoms with van der Waals surface area (Å²) in [5.74, 6) is 0.403. The van der Waals surface area contributed by atoms with Crippen LogP contribution in [0.3, 0.4) is 0 Å². The molecule has 1 fully saturated rings. The molecule has 8 heteroatoms. The molecule has 2 aromatic carbocycles. The van der Waals surface area contributed by atoms with Gasteiger partial charge in [0.1, 0.15) is 0 Å². The van der Waals surface area contributed by atoms with E-state index in [2.05, 4.69) is 43.0 Å². The number of guanidine groups is 1. The molecule has 5 rings (SSSR count). The maximum absolute atomic E-state index is 13.6. The lowest BCUT2D eigenvalue weighted by molar-refractivity contribution is -0.137. The van der Waals surface area contributed by atoms with Crippen LogP contribution in [-0.4, -0.2) is 71.6 Å². The summed E-state index contributed by atoms with van der Waals surface area (Å²) in [6.45, 7) is 7.13. The van der Waals surface area contributed by atoms with Crippen molar-refractivity contribution in [2.24, 2.45) is 4.99 Å². The zero-order valence-electron chi connectivity index (χ0n) is 19.9. The van der Waals surface area contributed by atoms with Gasteiger partial charge in [0.15, 0.2) is 12.2 Å². The van der Waals surface area contributed by atoms with E-state index in [1.807, 2.05) is 42.3 Å². The Morgan fingerprint density at radius 3 is 2.53 bits per heavy atom. The highest BCUT2D eigenvalue weighted by atomic mass is 16.5. The smallest absolute Gasteiger partial charge is 0.328 e. The fourth-order valence-corrected chi connectivity index (χ4v) is 4.77. The second kappa shape index (κ2) is 8.61. The fraction of sp³-hybridized carbons (Fsp3) is 0.346. The van der Waals surface area contributed by atoms with Gasteiger partial charge in [0.2, 0.25) is 5.96 Å². The van der Waals surface area contributed by atoms with Crippen molar-refractivity contribution >= 4 is 29.3 Å². The quantitative estimate of drug-likeness (QED) is 0.620. The number of rotatable bonds is 6. The van der Waals surface area contributed by atoms with E-state index in [9.17, 15) is 9.59 Å². The number of hydrogen-bond donors (Lipinski definition) is 0. The van der Waals surface area contributed by atoms with Crippen LogP contribution in [0.5, 0.6) is 0 Å². The first-order valence-corrected chi connectivity index (χ1v) is 11.6. The molecule has 0 aliphatic carbocycles. The third kappa shape index (κ3) is 3.37. The van der Waals surface area contributed by atoms with Gasteiger partial charge in [-0.1, -0.05) is 42.5 Å². The van der Waals surface area contributed by atoms with Gasteiger partial charge < -0.3 is 9.64 Å². The van der Waals surface area contributed by atoms with Crippen molar-refractivity contribution in [1.82, 2.24) is 14.7 Å². The first-order chi connectivity index (χ1) is 16.4. The molecular weight excluding hydrogens is 430 g/mol. The lowest BCUT2D eigenvalue weighted by Gasteiger charge is -2.40. The Morgan fingerprint density at radius 2 is 1.79 bits per heavy atom. The van der Waals surface area contributed by atoms with Gasteiger partial charge in [-0.25, -0.2) is 9.79 Å². The van der Waals surface area contributed by atoms with Gasteiger partial charge in [-0.15, -0.1) is 0 Å². The second-order valence-corrected chi connectivity index (χ2v) is 8.71. The SMILES string of the molecule is CCOCCN1C(=O)C2C(N=C3N(c4cccc(C)c4C)C(c4ccccc4)=CN32)N(C)C1=O. The molecule has 0 bridgehead atoms. The predicted octanol–water partition coefficient (Wildman–Crippen LogP) is 3.42. The number of urea groups is 1. The highest BCUT2D eigenvalue weighted by Crippen LogP contribution is 2.41. The number of nitrogens with zero attached hydrogens (tertiary/aromatic N) is 5. The van der Waals surface area contributed by atoms with Crippen molar-refractivity contribution in [2.45, 2.75) is 33.0 Å². The summed E-state index contributed by atoms with van der Waals surface area (Å²) in [7, 11) is 1.70. The Morgan fingerprint density at radius 1 is 1.03 bits per heavy atom. The van der Waals surface area contributed by atoms with Crippen molar-refractivity contribution in [2.75, 3.05) is 31.7 Å². The summed E-state index contributed by atoms with van der Waals surface area (Å²) in [4.78, 5) is 38.4. The summed E-state index contributed by atoms with van der Waals surface area (Å²) in [5.41, 5.74) is 5.28. The highest BCUT2D eigenvalue weighted by Gasteiger charge is 2.54. The van der Waals surface area contributed by atoms with E-state index in [-0.39, 0.29) is 18.5 Å². The zero-order valence-corrected chi connectivity index (χ0v) is 19.9. The molecule has 2 aromatic rings. The van der Waals surface area contributed by atoms with E-state index in [1.54, 1.807) is 11.9 Å². The van der Waals surface area contributed by atoms with E-state index in [1.165, 1.54) is 10.5 Å². The van der Waals surface area contributed by atoms with E-state index in [0.717, 1.165) is 22.5 Å². The van der Waals surface area contributed by atoms with Crippen molar-refractivity contribution < 1.29 is 14.3 Å². The number of imide groups is 1. The monoisotopic (exact) mass is 459 g/mol. The van der Waals surface area contributed by atoms with Crippen molar-refractivity contribution in [3.8, 4) is 0 Å². The number of likely N-dealkylation sites (N-methyl/N-ethyl adjacent to an activating group) is 1. The molecule has 0 radical (unpaired) electrons. The third-order valence-corrected chi connectivity index (χ3v) is 6.76. The molecule has 0 aromatic heterocycles. The molecule has 8 nitrogen and oxygen atoms in total. The Labute approximate surface area is 199 Å². The molecule has 176 valence electrons. The molecular formula is C26H29N5O3. The van der Waals surface area contributed by atoms with Crippen LogP contribution in [0.15, 0.2) is 59.7 Å². The van der Waals surface area contributed by atoms with Crippen molar-refractivity contribution in [1.29, 1.82) is 0 Å². The number of anilines is 1. The van der Waals surface area contributed by atoms with Gasteiger partial charge in [-0.05, 0) is 38.0 Å². The van der Waals surface area contributed by atoms with Gasteiger partial charge in [0, 0.05) is 25.4 Å². The summed E-state index contributed by atoms with van der Waals surface area (Å²) >= 11 is 0. The van der Waals surface area contributed by atoms with E-state index >= 15 is 0 Å². The van der Waals surface area contributed by atoms with Crippen LogP contribution < -0.4 is 4.90 Å². The topological polar surface area (TPSA) is 68.7 Å². The number of amides is 3. The van der Waals surface area contributed by atoms with Crippen LogP contribution in [0.25, 0.3) is 5.70 Å². The van der Waals surface area contributed by atoms with E-state index in [0.29, 0.717) is 19.2 Å². The number of hydrogen-bond acceptors (Lipinski definition) is 6. The third-order valence-electron chi connectivity index (χ3n) is 6.76. The first-order valence-electron chi connectivity index (χ1n) is 11.6. The van der Waals surface area contributed by atoms with E-state index < -0.39 is 12.2 Å². The molecule has 3 aliphatic rings. The molecule has 2 unspecified atom stereocenters. The number of aliphatic imine (C=N–C) groups is 1. The van der Waals surface area contributed by atoms with Gasteiger partial charge in [0.05, 0.1) is 24.5 Å². The van der Waals surface area contributed by atoms with Gasteiger partial charge in [0.25, 0.3) is 5.91 Å². The summed E-state index contributed by atoms with van der Waals surface area (Å²) in [6, 6.07) is 15.3.